The molecule has 0 radical (unpaired) electrons. The van der Waals surface area contributed by atoms with E-state index in [1.54, 1.807) is 0 Å². The molecule has 3 rings (SSSR count). The molecule has 7 heteroatoms. The standard InChI is InChI=1S/C20H36N4OS.HI/c1-20(9-3-4-10-20)15-22-19(21-2)23-17-7-5-16(6-8-17)18(25)24-11-13-26-14-12-24;/h16-17H,3-15H2,1-2H3,(H2,21,22,23);1H. The molecule has 0 bridgehead atoms. The van der Waals surface area contributed by atoms with Crippen LogP contribution in [0.25, 0.3) is 0 Å². The van der Waals surface area contributed by atoms with Crippen LogP contribution in [0.1, 0.15) is 58.3 Å². The summed E-state index contributed by atoms with van der Waals surface area (Å²) in [4.78, 5) is 19.2. The van der Waals surface area contributed by atoms with E-state index >= 15 is 0 Å². The number of guanidine groups is 1. The van der Waals surface area contributed by atoms with Gasteiger partial charge in [0.15, 0.2) is 5.96 Å². The molecule has 1 amide bonds. The summed E-state index contributed by atoms with van der Waals surface area (Å²) >= 11 is 1.96. The Hall–Kier alpha value is -0.180. The van der Waals surface area contributed by atoms with E-state index < -0.39 is 0 Å². The van der Waals surface area contributed by atoms with Crippen LogP contribution < -0.4 is 10.6 Å². The van der Waals surface area contributed by atoms with E-state index in [9.17, 15) is 4.79 Å². The third-order valence-corrected chi connectivity index (χ3v) is 7.40. The molecule has 0 unspecified atom stereocenters. The number of nitrogens with one attached hydrogen (secondary N) is 2. The number of rotatable bonds is 4. The number of amides is 1. The molecule has 0 spiro atoms. The maximum atomic E-state index is 12.7. The second-order valence-corrected chi connectivity index (χ2v) is 9.80. The summed E-state index contributed by atoms with van der Waals surface area (Å²) in [5.74, 6) is 3.78. The molecular weight excluding hydrogens is 471 g/mol. The fraction of sp³-hybridized carbons (Fsp3) is 0.900. The summed E-state index contributed by atoms with van der Waals surface area (Å²) in [6.45, 7) is 5.28. The SMILES string of the molecule is CN=C(NCC1(C)CCCC1)NC1CCC(C(=O)N2CCSCC2)CC1.I. The molecular formula is C20H37IN4OS. The molecule has 0 aromatic rings. The molecule has 2 saturated carbocycles. The van der Waals surface area contributed by atoms with E-state index in [1.165, 1.54) is 25.7 Å². The van der Waals surface area contributed by atoms with E-state index in [4.69, 9.17) is 0 Å². The second kappa shape index (κ2) is 11.1. The maximum Gasteiger partial charge on any atom is 0.225 e. The van der Waals surface area contributed by atoms with Crippen molar-refractivity contribution in [2.75, 3.05) is 38.2 Å². The molecule has 0 atom stereocenters. The molecule has 156 valence electrons. The van der Waals surface area contributed by atoms with Gasteiger partial charge in [0.05, 0.1) is 0 Å². The second-order valence-electron chi connectivity index (χ2n) is 8.57. The fourth-order valence-electron chi connectivity index (χ4n) is 4.62. The summed E-state index contributed by atoms with van der Waals surface area (Å²) in [6.07, 6.45) is 9.51. The first-order valence-corrected chi connectivity index (χ1v) is 11.6. The van der Waals surface area contributed by atoms with Gasteiger partial charge in [0.2, 0.25) is 5.91 Å². The molecule has 2 N–H and O–H groups in total. The molecule has 1 saturated heterocycles. The number of aliphatic imine (C=N–C) groups is 1. The minimum absolute atomic E-state index is 0. The van der Waals surface area contributed by atoms with Crippen molar-refractivity contribution in [3.8, 4) is 0 Å². The van der Waals surface area contributed by atoms with E-state index in [0.717, 1.165) is 62.8 Å². The van der Waals surface area contributed by atoms with Crippen LogP contribution in [0.2, 0.25) is 0 Å². The van der Waals surface area contributed by atoms with E-state index in [2.05, 4.69) is 27.4 Å². The third-order valence-electron chi connectivity index (χ3n) is 6.46. The van der Waals surface area contributed by atoms with Crippen molar-refractivity contribution in [2.45, 2.75) is 64.3 Å². The van der Waals surface area contributed by atoms with Gasteiger partial charge in [-0.1, -0.05) is 19.8 Å². The van der Waals surface area contributed by atoms with E-state index in [0.29, 0.717) is 17.4 Å². The highest BCUT2D eigenvalue weighted by atomic mass is 127. The molecule has 0 aromatic carbocycles. The maximum absolute atomic E-state index is 12.7. The van der Waals surface area contributed by atoms with Crippen LogP contribution in [0.5, 0.6) is 0 Å². The Morgan fingerprint density at radius 1 is 1.15 bits per heavy atom. The van der Waals surface area contributed by atoms with E-state index in [-0.39, 0.29) is 29.9 Å². The van der Waals surface area contributed by atoms with Crippen LogP contribution in [0.3, 0.4) is 0 Å². The first kappa shape index (κ1) is 23.1. The molecule has 5 nitrogen and oxygen atoms in total. The van der Waals surface area contributed by atoms with Gasteiger partial charge in [-0.05, 0) is 43.9 Å². The number of hydrogen-bond donors (Lipinski definition) is 2. The van der Waals surface area contributed by atoms with Crippen LogP contribution in [0.4, 0.5) is 0 Å². The van der Waals surface area contributed by atoms with Crippen molar-refractivity contribution in [1.29, 1.82) is 0 Å². The zero-order valence-corrected chi connectivity index (χ0v) is 20.1. The van der Waals surface area contributed by atoms with Gasteiger partial charge in [-0.25, -0.2) is 0 Å². The highest BCUT2D eigenvalue weighted by Crippen LogP contribution is 2.36. The summed E-state index contributed by atoms with van der Waals surface area (Å²) in [5.41, 5.74) is 0.425. The lowest BCUT2D eigenvalue weighted by Crippen LogP contribution is -2.48. The fourth-order valence-corrected chi connectivity index (χ4v) is 5.52. The van der Waals surface area contributed by atoms with Crippen molar-refractivity contribution in [3.63, 3.8) is 0 Å². The van der Waals surface area contributed by atoms with Crippen molar-refractivity contribution >= 4 is 47.6 Å². The Morgan fingerprint density at radius 3 is 2.37 bits per heavy atom. The van der Waals surface area contributed by atoms with Gasteiger partial charge >= 0.3 is 0 Å². The molecule has 3 aliphatic rings. The summed E-state index contributed by atoms with van der Waals surface area (Å²) in [5, 5.41) is 7.14. The molecule has 2 aliphatic carbocycles. The largest absolute Gasteiger partial charge is 0.356 e. The van der Waals surface area contributed by atoms with Gasteiger partial charge in [0.1, 0.15) is 0 Å². The van der Waals surface area contributed by atoms with Gasteiger partial charge in [0.25, 0.3) is 0 Å². The lowest BCUT2D eigenvalue weighted by atomic mass is 9.85. The summed E-state index contributed by atoms with van der Waals surface area (Å²) in [6, 6.07) is 0.443. The molecule has 0 aromatic heterocycles. The Balaban J connectivity index is 0.00000261. The number of thioether (sulfide) groups is 1. The summed E-state index contributed by atoms with van der Waals surface area (Å²) < 4.78 is 0. The van der Waals surface area contributed by atoms with Gasteiger partial charge in [-0.3, -0.25) is 9.79 Å². The molecule has 1 heterocycles. The Labute approximate surface area is 186 Å². The van der Waals surface area contributed by atoms with E-state index in [1.807, 2.05) is 18.8 Å². The highest BCUT2D eigenvalue weighted by Gasteiger charge is 2.31. The highest BCUT2D eigenvalue weighted by molar-refractivity contribution is 14.0. The smallest absolute Gasteiger partial charge is 0.225 e. The van der Waals surface area contributed by atoms with Gasteiger partial charge in [-0.15, -0.1) is 24.0 Å². The lowest BCUT2D eigenvalue weighted by Gasteiger charge is -2.34. The molecule has 3 fully saturated rings. The van der Waals surface area contributed by atoms with Crippen LogP contribution in [-0.2, 0) is 4.79 Å². The topological polar surface area (TPSA) is 56.7 Å². The average molecular weight is 509 g/mol. The minimum atomic E-state index is 0. The predicted octanol–water partition coefficient (Wildman–Crippen LogP) is 3.48. The number of carbonyl (C=O) groups is 1. The van der Waals surface area contributed by atoms with Gasteiger partial charge < -0.3 is 15.5 Å². The quantitative estimate of drug-likeness (QED) is 0.347. The molecule has 1 aliphatic heterocycles. The number of hydrogen-bond acceptors (Lipinski definition) is 3. The Bertz CT molecular complexity index is 496. The average Bonchev–Trinajstić information content (AvgIpc) is 3.12. The van der Waals surface area contributed by atoms with Crippen LogP contribution in [-0.4, -0.2) is 61.0 Å². The first-order valence-electron chi connectivity index (χ1n) is 10.4. The third kappa shape index (κ3) is 6.68. The lowest BCUT2D eigenvalue weighted by molar-refractivity contribution is -0.136. The van der Waals surface area contributed by atoms with Crippen LogP contribution >= 0.6 is 35.7 Å². The monoisotopic (exact) mass is 508 g/mol. The zero-order valence-electron chi connectivity index (χ0n) is 17.0. The van der Waals surface area contributed by atoms with Gasteiger partial charge in [0, 0.05) is 50.1 Å². The Kier molecular flexibility index (Phi) is 9.52. The van der Waals surface area contributed by atoms with Crippen molar-refractivity contribution in [2.24, 2.45) is 16.3 Å². The van der Waals surface area contributed by atoms with Crippen molar-refractivity contribution in [1.82, 2.24) is 15.5 Å². The number of carbonyl (C=O) groups excluding carboxylic acids is 1. The minimum Gasteiger partial charge on any atom is -0.356 e. The van der Waals surface area contributed by atoms with Gasteiger partial charge in [-0.2, -0.15) is 11.8 Å². The molecule has 27 heavy (non-hydrogen) atoms. The number of halogens is 1. The normalized spacial score (nSPS) is 28.4. The van der Waals surface area contributed by atoms with Crippen LogP contribution in [0, 0.1) is 11.3 Å². The zero-order chi connectivity index (χ0) is 18.4. The predicted molar refractivity (Wildman–Crippen MR) is 126 cm³/mol. The number of nitrogens with zero attached hydrogens (tertiary/aromatic N) is 2. The first-order chi connectivity index (χ1) is 12.6. The van der Waals surface area contributed by atoms with Crippen molar-refractivity contribution in [3.05, 3.63) is 0 Å². The van der Waals surface area contributed by atoms with Crippen LogP contribution in [0.15, 0.2) is 4.99 Å². The van der Waals surface area contributed by atoms with Crippen molar-refractivity contribution < 1.29 is 4.79 Å². The Morgan fingerprint density at radius 2 is 1.78 bits per heavy atom. The summed E-state index contributed by atoms with van der Waals surface area (Å²) in [7, 11) is 1.86.